The van der Waals surface area contributed by atoms with Crippen LogP contribution in [0.5, 0.6) is 0 Å². The van der Waals surface area contributed by atoms with Crippen LogP contribution in [-0.4, -0.2) is 53.5 Å². The van der Waals surface area contributed by atoms with Crippen LogP contribution in [0.3, 0.4) is 0 Å². The van der Waals surface area contributed by atoms with Gasteiger partial charge in [-0.15, -0.1) is 0 Å². The molecule has 0 saturated carbocycles. The molecule has 2 heterocycles. The Kier molecular flexibility index (Phi) is 5.85. The molecule has 10 nitrogen and oxygen atoms in total. The number of nitrogens with zero attached hydrogens (tertiary/aromatic N) is 2. The van der Waals surface area contributed by atoms with Crippen molar-refractivity contribution < 1.29 is 37.9 Å². The Morgan fingerprint density at radius 1 is 1.21 bits per heavy atom. The Labute approximate surface area is 137 Å². The maximum absolute atomic E-state index is 11.7. The predicted molar refractivity (Wildman–Crippen MR) is 74.4 cm³/mol. The van der Waals surface area contributed by atoms with Gasteiger partial charge in [0.05, 0.1) is 6.61 Å². The van der Waals surface area contributed by atoms with Gasteiger partial charge in [0.15, 0.2) is 30.7 Å². The highest BCUT2D eigenvalue weighted by molar-refractivity contribution is 5.75. The van der Waals surface area contributed by atoms with Crippen molar-refractivity contribution in [3.63, 3.8) is 0 Å². The zero-order valence-corrected chi connectivity index (χ0v) is 13.5. The van der Waals surface area contributed by atoms with Gasteiger partial charge < -0.3 is 23.5 Å². The number of hydrogen-bond donors (Lipinski definition) is 0. The summed E-state index contributed by atoms with van der Waals surface area (Å²) < 4.78 is 25.5. The summed E-state index contributed by atoms with van der Waals surface area (Å²) in [4.78, 5) is 37.9. The summed E-state index contributed by atoms with van der Waals surface area (Å²) in [5, 5.41) is 3.76. The smallest absolute Gasteiger partial charge is 0.344 e. The lowest BCUT2D eigenvalue weighted by atomic mass is 10.1. The molecular weight excluding hydrogens is 324 g/mol. The zero-order valence-electron chi connectivity index (χ0n) is 13.5. The minimum absolute atomic E-state index is 0.0295. The van der Waals surface area contributed by atoms with Crippen LogP contribution in [0, 0.1) is 0 Å². The van der Waals surface area contributed by atoms with E-state index in [4.69, 9.17) is 18.7 Å². The lowest BCUT2D eigenvalue weighted by Crippen LogP contribution is -2.35. The fourth-order valence-corrected chi connectivity index (χ4v) is 2.12. The average Bonchev–Trinajstić information content (AvgIpc) is 3.12. The third kappa shape index (κ3) is 4.51. The fourth-order valence-electron chi connectivity index (χ4n) is 2.12. The van der Waals surface area contributed by atoms with Crippen molar-refractivity contribution >= 4 is 17.9 Å². The Hall–Kier alpha value is -2.49. The number of hydrogen-bond acceptors (Lipinski definition) is 10. The van der Waals surface area contributed by atoms with Crippen molar-refractivity contribution in [1.29, 1.82) is 0 Å². The number of esters is 3. The Morgan fingerprint density at radius 3 is 2.54 bits per heavy atom. The van der Waals surface area contributed by atoms with Crippen molar-refractivity contribution in [3.05, 3.63) is 11.7 Å². The molecule has 10 heteroatoms. The van der Waals surface area contributed by atoms with Crippen molar-refractivity contribution in [2.24, 2.45) is 0 Å². The predicted octanol–water partition coefficient (Wildman–Crippen LogP) is 0.110. The van der Waals surface area contributed by atoms with E-state index in [0.29, 0.717) is 12.2 Å². The molecule has 0 amide bonds. The van der Waals surface area contributed by atoms with Crippen LogP contribution in [-0.2, 0) is 39.8 Å². The van der Waals surface area contributed by atoms with Crippen molar-refractivity contribution in [2.45, 2.75) is 45.5 Å². The first-order chi connectivity index (χ1) is 11.4. The van der Waals surface area contributed by atoms with E-state index < -0.39 is 42.8 Å². The van der Waals surface area contributed by atoms with E-state index in [1.807, 2.05) is 6.92 Å². The molecule has 1 aromatic rings. The van der Waals surface area contributed by atoms with Gasteiger partial charge in [-0.1, -0.05) is 12.1 Å². The number of ether oxygens (including phenoxy) is 4. The highest BCUT2D eigenvalue weighted by atomic mass is 16.6. The van der Waals surface area contributed by atoms with Crippen molar-refractivity contribution in [1.82, 2.24) is 10.1 Å². The van der Waals surface area contributed by atoms with Crippen molar-refractivity contribution in [2.75, 3.05) is 13.2 Å². The van der Waals surface area contributed by atoms with Gasteiger partial charge in [0.2, 0.25) is 0 Å². The quantitative estimate of drug-likeness (QED) is 0.519. The Bertz CT molecular complexity index is 614. The van der Waals surface area contributed by atoms with Crippen LogP contribution in [0.4, 0.5) is 0 Å². The first-order valence-electron chi connectivity index (χ1n) is 7.34. The summed E-state index contributed by atoms with van der Waals surface area (Å²) in [5.74, 6) is -1.35. The van der Waals surface area contributed by atoms with Gasteiger partial charge in [-0.05, 0) is 0 Å². The van der Waals surface area contributed by atoms with Crippen LogP contribution >= 0.6 is 0 Å². The second-order valence-corrected chi connectivity index (χ2v) is 5.04. The second kappa shape index (κ2) is 7.86. The monoisotopic (exact) mass is 342 g/mol. The van der Waals surface area contributed by atoms with Gasteiger partial charge >= 0.3 is 17.9 Å². The number of aryl methyl sites for hydroxylation is 1. The minimum Gasteiger partial charge on any atom is -0.455 e. The molecule has 1 aliphatic heterocycles. The molecule has 0 bridgehead atoms. The summed E-state index contributed by atoms with van der Waals surface area (Å²) in [6.45, 7) is 3.68. The maximum atomic E-state index is 11.7. The third-order valence-electron chi connectivity index (χ3n) is 3.13. The van der Waals surface area contributed by atoms with E-state index in [-0.39, 0.29) is 12.5 Å². The first-order valence-corrected chi connectivity index (χ1v) is 7.34. The summed E-state index contributed by atoms with van der Waals surface area (Å²) in [6, 6.07) is 0. The molecule has 0 unspecified atom stereocenters. The highest BCUT2D eigenvalue weighted by Gasteiger charge is 2.46. The van der Waals surface area contributed by atoms with E-state index in [1.165, 1.54) is 13.8 Å². The van der Waals surface area contributed by atoms with E-state index >= 15 is 0 Å². The third-order valence-corrected chi connectivity index (χ3v) is 3.13. The van der Waals surface area contributed by atoms with Crippen LogP contribution in [0.2, 0.25) is 0 Å². The van der Waals surface area contributed by atoms with Crippen molar-refractivity contribution in [3.8, 4) is 0 Å². The summed E-state index contributed by atoms with van der Waals surface area (Å²) in [7, 11) is 0. The molecule has 0 aromatic carbocycles. The van der Waals surface area contributed by atoms with Gasteiger partial charge in [-0.3, -0.25) is 9.59 Å². The number of carbonyl (C=O) groups is 3. The van der Waals surface area contributed by atoms with Gasteiger partial charge in [-0.2, -0.15) is 4.98 Å². The maximum Gasteiger partial charge on any atom is 0.344 e. The zero-order chi connectivity index (χ0) is 17.7. The summed E-state index contributed by atoms with van der Waals surface area (Å²) in [6.07, 6.45) is -2.09. The lowest BCUT2D eigenvalue weighted by Gasteiger charge is -2.20. The second-order valence-electron chi connectivity index (χ2n) is 5.04. The number of carbonyl (C=O) groups excluding carboxylic acids is 3. The van der Waals surface area contributed by atoms with Crippen LogP contribution < -0.4 is 0 Å². The molecule has 2 rings (SSSR count). The molecule has 24 heavy (non-hydrogen) atoms. The molecule has 3 atom stereocenters. The van der Waals surface area contributed by atoms with Crippen LogP contribution in [0.25, 0.3) is 0 Å². The van der Waals surface area contributed by atoms with Gasteiger partial charge in [-0.25, -0.2) is 4.79 Å². The van der Waals surface area contributed by atoms with Crippen LogP contribution in [0.1, 0.15) is 38.6 Å². The van der Waals surface area contributed by atoms with Gasteiger partial charge in [0, 0.05) is 20.3 Å². The molecule has 0 radical (unpaired) electrons. The first kappa shape index (κ1) is 17.9. The molecule has 1 aliphatic rings. The largest absolute Gasteiger partial charge is 0.455 e. The van der Waals surface area contributed by atoms with E-state index in [9.17, 15) is 14.4 Å². The number of rotatable bonds is 6. The van der Waals surface area contributed by atoms with E-state index in [2.05, 4.69) is 14.9 Å². The molecule has 132 valence electrons. The lowest BCUT2D eigenvalue weighted by molar-refractivity contribution is -0.169. The fraction of sp³-hybridized carbons (Fsp3) is 0.643. The average molecular weight is 342 g/mol. The Balaban J connectivity index is 2.06. The van der Waals surface area contributed by atoms with Gasteiger partial charge in [0.25, 0.3) is 5.89 Å². The molecule has 1 fully saturated rings. The highest BCUT2D eigenvalue weighted by Crippen LogP contribution is 2.32. The standard InChI is InChI=1S/C14H18N2O8/c1-4-10-15-14(24-16-10)13-12(22-8(3)18)9(5-21-13)23-11(19)6-20-7(2)17/h9,12-13H,4-6H2,1-3H3/t9-,12-,13+/m1/s1. The molecule has 1 aromatic heterocycles. The SMILES string of the molecule is CCc1noc([C@H]2OC[C@@H](OC(=O)COC(C)=O)[C@H]2OC(C)=O)n1. The molecular formula is C14H18N2O8. The molecule has 0 spiro atoms. The van der Waals surface area contributed by atoms with Gasteiger partial charge in [0.1, 0.15) is 0 Å². The topological polar surface area (TPSA) is 127 Å². The summed E-state index contributed by atoms with van der Waals surface area (Å²) >= 11 is 0. The minimum atomic E-state index is -0.936. The molecule has 1 saturated heterocycles. The van der Waals surface area contributed by atoms with E-state index in [1.54, 1.807) is 0 Å². The number of aromatic nitrogens is 2. The normalized spacial score (nSPS) is 22.9. The molecule has 0 N–H and O–H groups in total. The summed E-state index contributed by atoms with van der Waals surface area (Å²) in [5.41, 5.74) is 0. The van der Waals surface area contributed by atoms with E-state index in [0.717, 1.165) is 0 Å². The Morgan fingerprint density at radius 2 is 1.96 bits per heavy atom. The van der Waals surface area contributed by atoms with Crippen LogP contribution in [0.15, 0.2) is 4.52 Å². The molecule has 0 aliphatic carbocycles.